The van der Waals surface area contributed by atoms with Gasteiger partial charge in [-0.3, -0.25) is 0 Å². The average molecular weight is 256 g/mol. The molecule has 0 saturated carbocycles. The van der Waals surface area contributed by atoms with Crippen LogP contribution in [-0.4, -0.2) is 20.7 Å². The van der Waals surface area contributed by atoms with Crippen molar-refractivity contribution in [2.45, 2.75) is 19.9 Å². The molecule has 0 aromatic heterocycles. The molecule has 1 aromatic carbocycles. The second-order valence-corrected chi connectivity index (χ2v) is 5.43. The van der Waals surface area contributed by atoms with Crippen LogP contribution in [0, 0.1) is 0 Å². The molecule has 0 spiro atoms. The summed E-state index contributed by atoms with van der Waals surface area (Å²) in [6, 6.07) is 6.98. The number of amides is 2. The fourth-order valence-electron chi connectivity index (χ4n) is 1.45. The minimum Gasteiger partial charge on any atom is -0.333 e. The van der Waals surface area contributed by atoms with E-state index < -0.39 is 16.1 Å². The third kappa shape index (κ3) is 4.86. The first-order chi connectivity index (χ1) is 7.92. The molecule has 0 aliphatic carbocycles. The van der Waals surface area contributed by atoms with Gasteiger partial charge in [-0.15, -0.1) is 0 Å². The van der Waals surface area contributed by atoms with Crippen LogP contribution in [0.3, 0.4) is 0 Å². The first-order valence-corrected chi connectivity index (χ1v) is 7.14. The normalized spacial score (nSPS) is 10.9. The Morgan fingerprint density at radius 3 is 2.35 bits per heavy atom. The van der Waals surface area contributed by atoms with Crippen LogP contribution < -0.4 is 10.0 Å². The number of nitrogens with one attached hydrogen (secondary N) is 2. The van der Waals surface area contributed by atoms with E-state index in [0.717, 1.165) is 23.8 Å². The van der Waals surface area contributed by atoms with Gasteiger partial charge in [0.1, 0.15) is 0 Å². The monoisotopic (exact) mass is 256 g/mol. The molecule has 0 radical (unpaired) electrons. The molecule has 5 nitrogen and oxygen atoms in total. The summed E-state index contributed by atoms with van der Waals surface area (Å²) in [6.45, 7) is 2.33. The molecule has 0 fully saturated rings. The van der Waals surface area contributed by atoms with Gasteiger partial charge in [-0.05, 0) is 17.5 Å². The highest BCUT2D eigenvalue weighted by atomic mass is 32.2. The van der Waals surface area contributed by atoms with Gasteiger partial charge in [0, 0.05) is 6.54 Å². The van der Waals surface area contributed by atoms with Crippen LogP contribution in [-0.2, 0) is 23.0 Å². The molecule has 1 rings (SSSR count). The molecule has 17 heavy (non-hydrogen) atoms. The minimum absolute atomic E-state index is 0.311. The lowest BCUT2D eigenvalue weighted by Gasteiger charge is -2.09. The molecule has 0 saturated heterocycles. The topological polar surface area (TPSA) is 75.3 Å². The average Bonchev–Trinajstić information content (AvgIpc) is 2.24. The summed E-state index contributed by atoms with van der Waals surface area (Å²) >= 11 is 0. The maximum absolute atomic E-state index is 11.2. The van der Waals surface area contributed by atoms with Crippen molar-refractivity contribution in [2.75, 3.05) is 6.26 Å². The minimum atomic E-state index is -3.51. The van der Waals surface area contributed by atoms with E-state index >= 15 is 0 Å². The summed E-state index contributed by atoms with van der Waals surface area (Å²) in [5, 5.41) is 2.50. The maximum atomic E-state index is 11.2. The van der Waals surface area contributed by atoms with Crippen molar-refractivity contribution < 1.29 is 13.2 Å². The number of carbonyl (C=O) groups excluding carboxylic acids is 1. The van der Waals surface area contributed by atoms with Crippen molar-refractivity contribution in [1.29, 1.82) is 0 Å². The van der Waals surface area contributed by atoms with Crippen LogP contribution in [0.5, 0.6) is 0 Å². The predicted octanol–water partition coefficient (Wildman–Crippen LogP) is 1.01. The van der Waals surface area contributed by atoms with Gasteiger partial charge in [-0.2, -0.15) is 0 Å². The van der Waals surface area contributed by atoms with Crippen molar-refractivity contribution in [3.05, 3.63) is 35.4 Å². The van der Waals surface area contributed by atoms with E-state index in [0.29, 0.717) is 6.54 Å². The summed E-state index contributed by atoms with van der Waals surface area (Å²) in [7, 11) is -3.51. The van der Waals surface area contributed by atoms with Crippen LogP contribution in [0.25, 0.3) is 0 Å². The van der Waals surface area contributed by atoms with Gasteiger partial charge < -0.3 is 5.32 Å². The Morgan fingerprint density at radius 2 is 1.82 bits per heavy atom. The number of urea groups is 1. The van der Waals surface area contributed by atoms with Crippen LogP contribution >= 0.6 is 0 Å². The number of rotatable bonds is 4. The highest BCUT2D eigenvalue weighted by Crippen LogP contribution is 2.08. The van der Waals surface area contributed by atoms with Crippen LogP contribution in [0.4, 0.5) is 4.79 Å². The Kier molecular flexibility index (Phi) is 4.51. The van der Waals surface area contributed by atoms with Crippen molar-refractivity contribution >= 4 is 16.1 Å². The van der Waals surface area contributed by atoms with Crippen molar-refractivity contribution in [1.82, 2.24) is 10.0 Å². The molecule has 0 heterocycles. The standard InChI is InChI=1S/C11H16N2O3S/c1-3-9-6-4-5-7-10(9)8-12-11(14)13-17(2,15)16/h4-7H,3,8H2,1-2H3,(H2,12,13,14). The Balaban J connectivity index is 2.59. The lowest BCUT2D eigenvalue weighted by Crippen LogP contribution is -2.38. The molecule has 94 valence electrons. The highest BCUT2D eigenvalue weighted by Gasteiger charge is 2.08. The van der Waals surface area contributed by atoms with Gasteiger partial charge in [0.15, 0.2) is 0 Å². The van der Waals surface area contributed by atoms with Gasteiger partial charge in [0.2, 0.25) is 10.0 Å². The van der Waals surface area contributed by atoms with Crippen molar-refractivity contribution in [3.8, 4) is 0 Å². The molecule has 0 aliphatic heterocycles. The van der Waals surface area contributed by atoms with E-state index in [1.807, 2.05) is 35.9 Å². The summed E-state index contributed by atoms with van der Waals surface area (Å²) < 4.78 is 23.5. The van der Waals surface area contributed by atoms with Crippen molar-refractivity contribution in [3.63, 3.8) is 0 Å². The third-order valence-electron chi connectivity index (χ3n) is 2.22. The number of carbonyl (C=O) groups is 1. The van der Waals surface area contributed by atoms with E-state index in [2.05, 4.69) is 5.32 Å². The van der Waals surface area contributed by atoms with E-state index in [1.54, 1.807) is 0 Å². The van der Waals surface area contributed by atoms with Gasteiger partial charge in [-0.25, -0.2) is 17.9 Å². The van der Waals surface area contributed by atoms with Gasteiger partial charge in [0.05, 0.1) is 6.26 Å². The van der Waals surface area contributed by atoms with Gasteiger partial charge in [-0.1, -0.05) is 31.2 Å². The molecule has 0 bridgehead atoms. The van der Waals surface area contributed by atoms with Crippen LogP contribution in [0.1, 0.15) is 18.1 Å². The zero-order valence-corrected chi connectivity index (χ0v) is 10.7. The van der Waals surface area contributed by atoms with E-state index in [9.17, 15) is 13.2 Å². The number of aryl methyl sites for hydroxylation is 1. The maximum Gasteiger partial charge on any atom is 0.328 e. The largest absolute Gasteiger partial charge is 0.333 e. The Bertz CT molecular complexity index is 497. The third-order valence-corrected chi connectivity index (χ3v) is 2.77. The Hall–Kier alpha value is -1.56. The second-order valence-electron chi connectivity index (χ2n) is 3.68. The van der Waals surface area contributed by atoms with E-state index in [4.69, 9.17) is 0 Å². The molecule has 2 amide bonds. The summed E-state index contributed by atoms with van der Waals surface area (Å²) in [5.41, 5.74) is 2.12. The highest BCUT2D eigenvalue weighted by molar-refractivity contribution is 7.89. The Morgan fingerprint density at radius 1 is 1.24 bits per heavy atom. The molecule has 0 unspecified atom stereocenters. The molecule has 1 aromatic rings. The Labute approximate surface area is 101 Å². The van der Waals surface area contributed by atoms with Gasteiger partial charge in [0.25, 0.3) is 0 Å². The van der Waals surface area contributed by atoms with Crippen LogP contribution in [0.2, 0.25) is 0 Å². The molecule has 2 N–H and O–H groups in total. The fraction of sp³-hybridized carbons (Fsp3) is 0.364. The van der Waals surface area contributed by atoms with Crippen molar-refractivity contribution in [2.24, 2.45) is 0 Å². The van der Waals surface area contributed by atoms with E-state index in [1.165, 1.54) is 0 Å². The summed E-state index contributed by atoms with van der Waals surface area (Å²) in [6.07, 6.45) is 1.80. The first kappa shape index (κ1) is 13.5. The number of hydrogen-bond acceptors (Lipinski definition) is 3. The first-order valence-electron chi connectivity index (χ1n) is 5.24. The summed E-state index contributed by atoms with van der Waals surface area (Å²) in [5.74, 6) is 0. The fourth-order valence-corrected chi connectivity index (χ4v) is 1.86. The molecular weight excluding hydrogens is 240 g/mol. The number of sulfonamides is 1. The lowest BCUT2D eigenvalue weighted by atomic mass is 10.1. The molecule has 0 atom stereocenters. The quantitative estimate of drug-likeness (QED) is 0.844. The zero-order valence-electron chi connectivity index (χ0n) is 9.86. The molecular formula is C11H16N2O3S. The number of benzene rings is 1. The predicted molar refractivity (Wildman–Crippen MR) is 66.0 cm³/mol. The lowest BCUT2D eigenvalue weighted by molar-refractivity contribution is 0.245. The van der Waals surface area contributed by atoms with Crippen LogP contribution in [0.15, 0.2) is 24.3 Å². The smallest absolute Gasteiger partial charge is 0.328 e. The molecule has 0 aliphatic rings. The molecule has 6 heteroatoms. The van der Waals surface area contributed by atoms with E-state index in [-0.39, 0.29) is 0 Å². The SMILES string of the molecule is CCc1ccccc1CNC(=O)NS(C)(=O)=O. The second kappa shape index (κ2) is 5.67. The zero-order chi connectivity index (χ0) is 12.9. The number of hydrogen-bond donors (Lipinski definition) is 2. The van der Waals surface area contributed by atoms with Gasteiger partial charge >= 0.3 is 6.03 Å². The summed E-state index contributed by atoms with van der Waals surface area (Å²) in [4.78, 5) is 11.2.